The van der Waals surface area contributed by atoms with Crippen LogP contribution in [0.2, 0.25) is 0 Å². The zero-order valence-corrected chi connectivity index (χ0v) is 12.9. The van der Waals surface area contributed by atoms with Crippen molar-refractivity contribution in [2.75, 3.05) is 0 Å². The van der Waals surface area contributed by atoms with Gasteiger partial charge in [-0.05, 0) is 22.9 Å². The third-order valence-corrected chi connectivity index (χ3v) is 4.90. The molecule has 1 aliphatic rings. The van der Waals surface area contributed by atoms with Gasteiger partial charge in [-0.25, -0.2) is 0 Å². The lowest BCUT2D eigenvalue weighted by Gasteiger charge is -2.06. The Morgan fingerprint density at radius 2 is 1.04 bits per heavy atom. The zero-order valence-electron chi connectivity index (χ0n) is 12.9. The predicted octanol–water partition coefficient (Wildman–Crippen LogP) is 3.64. The number of aromatic nitrogens is 2. The molecule has 0 atom stereocenters. The summed E-state index contributed by atoms with van der Waals surface area (Å²) in [6.07, 6.45) is 5.65. The molecule has 0 amide bonds. The molecular weight excluding hydrogens is 280 g/mol. The van der Waals surface area contributed by atoms with Gasteiger partial charge in [0.2, 0.25) is 0 Å². The molecular formula is C21H18N2+2. The molecule has 4 aromatic rings. The van der Waals surface area contributed by atoms with E-state index >= 15 is 0 Å². The number of fused-ring (bicyclic) bond motifs is 7. The lowest BCUT2D eigenvalue weighted by molar-refractivity contribution is -0.687. The SMILES string of the molecule is c1ccc2c3[n+](ccc2c1)CCC[n+]1ccc2ccccc2c1-3. The molecule has 0 aliphatic carbocycles. The van der Waals surface area contributed by atoms with Crippen LogP contribution in [0, 0.1) is 0 Å². The van der Waals surface area contributed by atoms with E-state index in [4.69, 9.17) is 0 Å². The maximum absolute atomic E-state index is 2.42. The summed E-state index contributed by atoms with van der Waals surface area (Å²) in [5.41, 5.74) is 2.69. The largest absolute Gasteiger partial charge is 0.285 e. The molecule has 0 saturated heterocycles. The van der Waals surface area contributed by atoms with E-state index in [1.165, 1.54) is 32.9 Å². The Morgan fingerprint density at radius 1 is 0.565 bits per heavy atom. The van der Waals surface area contributed by atoms with Crippen molar-refractivity contribution in [3.63, 3.8) is 0 Å². The number of nitrogens with zero attached hydrogens (tertiary/aromatic N) is 2. The lowest BCUT2D eigenvalue weighted by atomic mass is 10.0. The second-order valence-electron chi connectivity index (χ2n) is 6.24. The standard InChI is InChI=1S/C21H18N2/c1-3-8-18-16(6-1)10-14-22-12-5-13-23-15-11-17-7-2-4-9-19(17)21(23)20(18)22/h1-4,6-11,14-15H,5,12-13H2/q+2. The van der Waals surface area contributed by atoms with Gasteiger partial charge in [0.05, 0.1) is 17.2 Å². The van der Waals surface area contributed by atoms with Gasteiger partial charge in [0.15, 0.2) is 25.5 Å². The van der Waals surface area contributed by atoms with Gasteiger partial charge in [-0.15, -0.1) is 0 Å². The molecule has 0 radical (unpaired) electrons. The maximum atomic E-state index is 2.42. The van der Waals surface area contributed by atoms with Crippen molar-refractivity contribution in [3.8, 4) is 11.4 Å². The molecule has 3 heterocycles. The van der Waals surface area contributed by atoms with Crippen LogP contribution in [0.25, 0.3) is 32.9 Å². The van der Waals surface area contributed by atoms with E-state index in [1.54, 1.807) is 0 Å². The van der Waals surface area contributed by atoms with Crippen molar-refractivity contribution < 1.29 is 9.13 Å². The Labute approximate surface area is 135 Å². The molecule has 2 aromatic carbocycles. The average molecular weight is 298 g/mol. The average Bonchev–Trinajstić information content (AvgIpc) is 2.81. The fourth-order valence-electron chi connectivity index (χ4n) is 3.83. The Bertz CT molecular complexity index is 965. The molecule has 1 aliphatic heterocycles. The van der Waals surface area contributed by atoms with Crippen molar-refractivity contribution in [1.82, 2.24) is 0 Å². The number of hydrogen-bond acceptors (Lipinski definition) is 0. The smallest absolute Gasteiger partial charge is 0.192 e. The minimum absolute atomic E-state index is 1.07. The van der Waals surface area contributed by atoms with Crippen LogP contribution in [0.15, 0.2) is 73.1 Å². The Balaban J connectivity index is 2.01. The van der Waals surface area contributed by atoms with E-state index in [-0.39, 0.29) is 0 Å². The number of aryl methyl sites for hydroxylation is 2. The first-order chi connectivity index (χ1) is 11.4. The van der Waals surface area contributed by atoms with Crippen molar-refractivity contribution in [2.45, 2.75) is 19.5 Å². The molecule has 2 aromatic heterocycles. The van der Waals surface area contributed by atoms with Crippen LogP contribution in [-0.2, 0) is 13.1 Å². The van der Waals surface area contributed by atoms with E-state index in [0.717, 1.165) is 19.5 Å². The van der Waals surface area contributed by atoms with Gasteiger partial charge in [0.1, 0.15) is 0 Å². The van der Waals surface area contributed by atoms with Crippen molar-refractivity contribution >= 4 is 21.5 Å². The first kappa shape index (κ1) is 12.8. The number of rotatable bonds is 0. The molecule has 0 N–H and O–H groups in total. The molecule has 2 heteroatoms. The van der Waals surface area contributed by atoms with Gasteiger partial charge in [-0.1, -0.05) is 36.4 Å². The number of hydrogen-bond donors (Lipinski definition) is 0. The highest BCUT2D eigenvalue weighted by Gasteiger charge is 2.31. The summed E-state index contributed by atoms with van der Waals surface area (Å²) in [5.74, 6) is 0. The fraction of sp³-hybridized carbons (Fsp3) is 0.143. The van der Waals surface area contributed by atoms with Gasteiger partial charge < -0.3 is 0 Å². The molecule has 0 spiro atoms. The van der Waals surface area contributed by atoms with E-state index in [2.05, 4.69) is 82.2 Å². The topological polar surface area (TPSA) is 7.76 Å². The third kappa shape index (κ3) is 1.88. The molecule has 5 rings (SSSR count). The maximum Gasteiger partial charge on any atom is 0.285 e. The fourth-order valence-corrected chi connectivity index (χ4v) is 3.83. The van der Waals surface area contributed by atoms with Crippen LogP contribution in [0.1, 0.15) is 6.42 Å². The Kier molecular flexibility index (Phi) is 2.71. The molecule has 0 saturated carbocycles. The van der Waals surface area contributed by atoms with Crippen LogP contribution < -0.4 is 9.13 Å². The van der Waals surface area contributed by atoms with E-state index in [1.807, 2.05) is 0 Å². The summed E-state index contributed by atoms with van der Waals surface area (Å²) >= 11 is 0. The molecule has 0 bridgehead atoms. The zero-order chi connectivity index (χ0) is 15.2. The molecule has 110 valence electrons. The highest BCUT2D eigenvalue weighted by molar-refractivity contribution is 5.99. The van der Waals surface area contributed by atoms with Crippen molar-refractivity contribution in [3.05, 3.63) is 73.1 Å². The van der Waals surface area contributed by atoms with Crippen molar-refractivity contribution in [2.24, 2.45) is 0 Å². The van der Waals surface area contributed by atoms with Crippen molar-refractivity contribution in [1.29, 1.82) is 0 Å². The monoisotopic (exact) mass is 298 g/mol. The summed E-state index contributed by atoms with van der Waals surface area (Å²) in [7, 11) is 0. The van der Waals surface area contributed by atoms with Gasteiger partial charge in [-0.3, -0.25) is 0 Å². The Hall–Kier alpha value is -2.74. The molecule has 0 fully saturated rings. The third-order valence-electron chi connectivity index (χ3n) is 4.90. The van der Waals surface area contributed by atoms with Crippen LogP contribution in [-0.4, -0.2) is 0 Å². The van der Waals surface area contributed by atoms with E-state index < -0.39 is 0 Å². The quantitative estimate of drug-likeness (QED) is 0.438. The molecule has 2 nitrogen and oxygen atoms in total. The first-order valence-electron chi connectivity index (χ1n) is 8.24. The van der Waals surface area contributed by atoms with E-state index in [9.17, 15) is 0 Å². The molecule has 23 heavy (non-hydrogen) atoms. The van der Waals surface area contributed by atoms with Gasteiger partial charge in [-0.2, -0.15) is 9.13 Å². The summed E-state index contributed by atoms with van der Waals surface area (Å²) in [6, 6.07) is 21.9. The normalized spacial score (nSPS) is 13.6. The van der Waals surface area contributed by atoms with Crippen LogP contribution in [0.5, 0.6) is 0 Å². The molecule has 0 unspecified atom stereocenters. The van der Waals surface area contributed by atoms with E-state index in [0.29, 0.717) is 0 Å². The summed E-state index contributed by atoms with van der Waals surface area (Å²) in [5, 5.41) is 5.28. The second-order valence-corrected chi connectivity index (χ2v) is 6.24. The Morgan fingerprint density at radius 3 is 1.57 bits per heavy atom. The minimum atomic E-state index is 1.07. The van der Waals surface area contributed by atoms with Crippen LogP contribution in [0.3, 0.4) is 0 Å². The summed E-state index contributed by atoms with van der Waals surface area (Å²) < 4.78 is 4.85. The van der Waals surface area contributed by atoms with Crippen LogP contribution >= 0.6 is 0 Å². The lowest BCUT2D eigenvalue weighted by Crippen LogP contribution is -2.37. The second kappa shape index (κ2) is 4.88. The first-order valence-corrected chi connectivity index (χ1v) is 8.24. The van der Waals surface area contributed by atoms with Gasteiger partial charge in [0, 0.05) is 12.1 Å². The van der Waals surface area contributed by atoms with Gasteiger partial charge in [0.25, 0.3) is 11.4 Å². The summed E-state index contributed by atoms with van der Waals surface area (Å²) in [4.78, 5) is 0. The highest BCUT2D eigenvalue weighted by atomic mass is 15.1. The van der Waals surface area contributed by atoms with Gasteiger partial charge >= 0.3 is 0 Å². The minimum Gasteiger partial charge on any atom is -0.192 e. The van der Waals surface area contributed by atoms with Crippen LogP contribution in [0.4, 0.5) is 0 Å². The number of pyridine rings is 2. The summed E-state index contributed by atoms with van der Waals surface area (Å²) in [6.45, 7) is 2.13. The highest BCUT2D eigenvalue weighted by Crippen LogP contribution is 2.29. The predicted molar refractivity (Wildman–Crippen MR) is 91.9 cm³/mol. The number of benzene rings is 2.